The number of allylic oxidation sites excluding steroid dienone is 6. The molecule has 0 unspecified atom stereocenters. The minimum Gasteiger partial charge on any atom is -0.356 e. The molecule has 0 saturated heterocycles. The van der Waals surface area contributed by atoms with Gasteiger partial charge in [0.2, 0.25) is 11.6 Å². The number of benzene rings is 2. The van der Waals surface area contributed by atoms with Gasteiger partial charge in [-0.3, -0.25) is 4.79 Å². The molecule has 42 heavy (non-hydrogen) atoms. The predicted molar refractivity (Wildman–Crippen MR) is 178 cm³/mol. The first-order chi connectivity index (χ1) is 20.2. The number of likely N-dealkylation sites (N-methyl/N-ethyl adjacent to an activating group) is 1. The topological polar surface area (TPSA) is 35.4 Å². The van der Waals surface area contributed by atoms with Crippen molar-refractivity contribution in [2.75, 3.05) is 24.5 Å². The quantitative estimate of drug-likeness (QED) is 0.138. The number of para-hydroxylation sites is 2. The summed E-state index contributed by atoms with van der Waals surface area (Å²) >= 11 is 0. The molecule has 2 aromatic carbocycles. The molecule has 220 valence electrons. The Labute approximate surface area is 253 Å². The summed E-state index contributed by atoms with van der Waals surface area (Å²) in [7, 11) is 0. The van der Waals surface area contributed by atoms with E-state index in [2.05, 4.69) is 148 Å². The van der Waals surface area contributed by atoms with Gasteiger partial charge >= 0.3 is 0 Å². The SMILES string of the molecule is CCCCNC(=O)CCC#CC(=C\C=C1\N(CC)c2ccccc2C1(C)C)/C=C/C1=[N+](CC)c2ccccc2C1(C)C. The molecule has 0 atom stereocenters. The van der Waals surface area contributed by atoms with E-state index in [9.17, 15) is 4.79 Å². The number of hydrogen-bond donors (Lipinski definition) is 1. The van der Waals surface area contributed by atoms with Crippen molar-refractivity contribution in [1.29, 1.82) is 0 Å². The third-order valence-electron chi connectivity index (χ3n) is 8.63. The van der Waals surface area contributed by atoms with Crippen molar-refractivity contribution in [3.05, 3.63) is 95.2 Å². The van der Waals surface area contributed by atoms with Crippen LogP contribution in [0.3, 0.4) is 0 Å². The van der Waals surface area contributed by atoms with Gasteiger partial charge in [-0.05, 0) is 64.0 Å². The van der Waals surface area contributed by atoms with Gasteiger partial charge in [0.1, 0.15) is 6.54 Å². The van der Waals surface area contributed by atoms with Crippen LogP contribution in [0.25, 0.3) is 0 Å². The molecular weight excluding hydrogens is 514 g/mol. The van der Waals surface area contributed by atoms with E-state index in [1.807, 2.05) is 0 Å². The number of carbonyl (C=O) groups excluding carboxylic acids is 1. The van der Waals surface area contributed by atoms with E-state index in [0.29, 0.717) is 12.8 Å². The second kappa shape index (κ2) is 13.4. The molecular formula is C38H48N3O+. The summed E-state index contributed by atoms with van der Waals surface area (Å²) in [6.45, 7) is 18.3. The first-order valence-electron chi connectivity index (χ1n) is 15.6. The molecule has 0 fully saturated rings. The van der Waals surface area contributed by atoms with Crippen molar-refractivity contribution >= 4 is 23.0 Å². The molecule has 1 N–H and O–H groups in total. The molecule has 4 heteroatoms. The van der Waals surface area contributed by atoms with Crippen LogP contribution >= 0.6 is 0 Å². The Bertz CT molecular complexity index is 1490. The van der Waals surface area contributed by atoms with E-state index in [-0.39, 0.29) is 16.7 Å². The average molecular weight is 563 g/mol. The molecule has 2 heterocycles. The highest BCUT2D eigenvalue weighted by Crippen LogP contribution is 2.47. The summed E-state index contributed by atoms with van der Waals surface area (Å²) in [6, 6.07) is 17.4. The zero-order chi connectivity index (χ0) is 30.3. The van der Waals surface area contributed by atoms with Crippen molar-refractivity contribution in [1.82, 2.24) is 5.32 Å². The Kier molecular flexibility index (Phi) is 9.94. The maximum absolute atomic E-state index is 12.2. The smallest absolute Gasteiger partial charge is 0.220 e. The van der Waals surface area contributed by atoms with Crippen LogP contribution in [0.5, 0.6) is 0 Å². The maximum Gasteiger partial charge on any atom is 0.220 e. The largest absolute Gasteiger partial charge is 0.356 e. The van der Waals surface area contributed by atoms with Crippen LogP contribution in [0.2, 0.25) is 0 Å². The molecule has 2 aliphatic heterocycles. The van der Waals surface area contributed by atoms with E-state index in [1.54, 1.807) is 0 Å². The Morgan fingerprint density at radius 3 is 2.40 bits per heavy atom. The van der Waals surface area contributed by atoms with Crippen molar-refractivity contribution in [2.45, 2.75) is 85.0 Å². The fraction of sp³-hybridized carbons (Fsp3) is 0.421. The summed E-state index contributed by atoms with van der Waals surface area (Å²) in [6.07, 6.45) is 11.8. The fourth-order valence-electron chi connectivity index (χ4n) is 6.27. The molecule has 0 aliphatic carbocycles. The minimum atomic E-state index is -0.106. The van der Waals surface area contributed by atoms with Crippen molar-refractivity contribution in [3.8, 4) is 11.8 Å². The van der Waals surface area contributed by atoms with Crippen molar-refractivity contribution in [2.24, 2.45) is 0 Å². The number of fused-ring (bicyclic) bond motifs is 2. The predicted octanol–water partition coefficient (Wildman–Crippen LogP) is 7.97. The third-order valence-corrected chi connectivity index (χ3v) is 8.63. The summed E-state index contributed by atoms with van der Waals surface area (Å²) in [4.78, 5) is 14.6. The first kappa shape index (κ1) is 31.1. The average Bonchev–Trinajstić information content (AvgIpc) is 3.34. The highest BCUT2D eigenvalue weighted by Gasteiger charge is 2.43. The van der Waals surface area contributed by atoms with Gasteiger partial charge in [0.15, 0.2) is 5.71 Å². The highest BCUT2D eigenvalue weighted by molar-refractivity contribution is 6.03. The lowest BCUT2D eigenvalue weighted by Crippen LogP contribution is -2.27. The monoisotopic (exact) mass is 562 g/mol. The van der Waals surface area contributed by atoms with E-state index in [1.165, 1.54) is 33.9 Å². The molecule has 0 spiro atoms. The number of hydrogen-bond acceptors (Lipinski definition) is 2. The van der Waals surface area contributed by atoms with Crippen LogP contribution in [0.15, 0.2) is 84.1 Å². The summed E-state index contributed by atoms with van der Waals surface area (Å²) in [5, 5.41) is 3.00. The van der Waals surface area contributed by atoms with Gasteiger partial charge in [0.25, 0.3) is 0 Å². The Balaban J connectivity index is 1.68. The van der Waals surface area contributed by atoms with E-state index < -0.39 is 0 Å². The highest BCUT2D eigenvalue weighted by atomic mass is 16.1. The lowest BCUT2D eigenvalue weighted by Gasteiger charge is -2.25. The lowest BCUT2D eigenvalue weighted by molar-refractivity contribution is -0.433. The third kappa shape index (κ3) is 6.31. The van der Waals surface area contributed by atoms with Gasteiger partial charge < -0.3 is 10.2 Å². The van der Waals surface area contributed by atoms with Crippen LogP contribution in [-0.2, 0) is 15.6 Å². The van der Waals surface area contributed by atoms with Crippen LogP contribution < -0.4 is 10.2 Å². The van der Waals surface area contributed by atoms with Crippen LogP contribution in [0.1, 0.15) is 85.3 Å². The lowest BCUT2D eigenvalue weighted by atomic mass is 9.81. The van der Waals surface area contributed by atoms with Crippen LogP contribution in [0, 0.1) is 11.8 Å². The van der Waals surface area contributed by atoms with Gasteiger partial charge in [-0.25, -0.2) is 0 Å². The zero-order valence-corrected chi connectivity index (χ0v) is 26.7. The molecule has 2 aliphatic rings. The number of anilines is 1. The second-order valence-electron chi connectivity index (χ2n) is 12.2. The maximum atomic E-state index is 12.2. The van der Waals surface area contributed by atoms with Gasteiger partial charge in [0.05, 0.1) is 5.41 Å². The molecule has 4 rings (SSSR count). The zero-order valence-electron chi connectivity index (χ0n) is 26.7. The molecule has 0 aromatic heterocycles. The van der Waals surface area contributed by atoms with Gasteiger partial charge in [-0.1, -0.05) is 75.4 Å². The summed E-state index contributed by atoms with van der Waals surface area (Å²) < 4.78 is 2.41. The first-order valence-corrected chi connectivity index (χ1v) is 15.6. The molecule has 1 amide bonds. The van der Waals surface area contributed by atoms with Crippen LogP contribution in [0.4, 0.5) is 11.4 Å². The number of nitrogens with one attached hydrogen (secondary N) is 1. The molecule has 2 aromatic rings. The molecule has 0 bridgehead atoms. The number of carbonyl (C=O) groups is 1. The Morgan fingerprint density at radius 2 is 1.69 bits per heavy atom. The fourth-order valence-corrected chi connectivity index (χ4v) is 6.27. The standard InChI is InChI=1S/C38H47N3O/c1-8-11-28-39-36(42)23-17-12-18-29(24-26-34-37(4,5)30-19-13-15-21-32(30)40(34)9-2)25-27-35-38(6,7)31-20-14-16-22-33(31)41(35)10-3/h13-16,19-22,24-27H,8-11,17,23,28H2,1-7H3/p+1. The number of amides is 1. The number of nitrogens with zero attached hydrogens (tertiary/aromatic N) is 2. The van der Waals surface area contributed by atoms with E-state index in [0.717, 1.165) is 38.0 Å². The van der Waals surface area contributed by atoms with E-state index in [4.69, 9.17) is 0 Å². The van der Waals surface area contributed by atoms with Crippen molar-refractivity contribution < 1.29 is 9.37 Å². The normalized spacial score (nSPS) is 17.8. The molecule has 0 saturated carbocycles. The molecule has 4 nitrogen and oxygen atoms in total. The summed E-state index contributed by atoms with van der Waals surface area (Å²) in [5.41, 5.74) is 8.52. The second-order valence-corrected chi connectivity index (χ2v) is 12.2. The van der Waals surface area contributed by atoms with Gasteiger partial charge in [0, 0.05) is 66.0 Å². The van der Waals surface area contributed by atoms with Gasteiger partial charge in [-0.2, -0.15) is 4.58 Å². The van der Waals surface area contributed by atoms with E-state index >= 15 is 0 Å². The van der Waals surface area contributed by atoms with Gasteiger partial charge in [-0.15, -0.1) is 0 Å². The van der Waals surface area contributed by atoms with Crippen molar-refractivity contribution in [3.63, 3.8) is 0 Å². The number of rotatable bonds is 10. The van der Waals surface area contributed by atoms with Crippen LogP contribution in [-0.4, -0.2) is 35.8 Å². The summed E-state index contributed by atoms with van der Waals surface area (Å²) in [5.74, 6) is 6.76. The Hall–Kier alpha value is -3.84. The number of unbranched alkanes of at least 4 members (excludes halogenated alkanes) is 1. The molecule has 0 radical (unpaired) electrons. The Morgan fingerprint density at radius 1 is 0.976 bits per heavy atom. The minimum absolute atomic E-state index is 0.0737.